The fraction of sp³-hybridized carbons (Fsp3) is 0.647. The van der Waals surface area contributed by atoms with Crippen LogP contribution in [0.2, 0.25) is 5.15 Å². The highest BCUT2D eigenvalue weighted by atomic mass is 35.5. The molecule has 1 saturated heterocycles. The number of hydrogen-bond donors (Lipinski definition) is 1. The Labute approximate surface area is 141 Å². The summed E-state index contributed by atoms with van der Waals surface area (Å²) in [6.07, 6.45) is 1.36. The number of pyridine rings is 1. The van der Waals surface area contributed by atoms with Gasteiger partial charge in [-0.15, -0.1) is 0 Å². The molecule has 0 bridgehead atoms. The van der Waals surface area contributed by atoms with E-state index in [1.165, 1.54) is 12.1 Å². The maximum atomic E-state index is 14.1. The van der Waals surface area contributed by atoms with Crippen molar-refractivity contribution in [1.82, 2.24) is 10.3 Å². The molecule has 128 valence electrons. The zero-order chi connectivity index (χ0) is 17.3. The molecule has 1 N–H and O–H groups in total. The normalized spacial score (nSPS) is 25.2. The van der Waals surface area contributed by atoms with Crippen molar-refractivity contribution in [2.45, 2.75) is 58.6 Å². The lowest BCUT2D eigenvalue weighted by atomic mass is 9.72. The molecule has 2 rings (SSSR count). The van der Waals surface area contributed by atoms with Crippen molar-refractivity contribution >= 4 is 17.6 Å². The Bertz CT molecular complexity index is 588. The van der Waals surface area contributed by atoms with Crippen LogP contribution in [-0.4, -0.2) is 29.1 Å². The van der Waals surface area contributed by atoms with E-state index in [1.54, 1.807) is 0 Å². The predicted molar refractivity (Wildman–Crippen MR) is 87.9 cm³/mol. The number of hydrogen-bond acceptors (Lipinski definition) is 4. The number of carbonyl (C=O) groups is 1. The largest absolute Gasteiger partial charge is 0.460 e. The summed E-state index contributed by atoms with van der Waals surface area (Å²) < 4.78 is 19.7. The second-order valence-corrected chi connectivity index (χ2v) is 7.72. The van der Waals surface area contributed by atoms with Crippen molar-refractivity contribution in [3.63, 3.8) is 0 Å². The van der Waals surface area contributed by atoms with Gasteiger partial charge in [0.05, 0.1) is 11.1 Å². The number of piperidine rings is 1. The van der Waals surface area contributed by atoms with E-state index in [4.69, 9.17) is 16.3 Å². The molecular formula is C17H24ClFN2O2. The molecule has 6 heteroatoms. The summed E-state index contributed by atoms with van der Waals surface area (Å²) in [5, 5.41) is 3.54. The molecule has 1 aliphatic heterocycles. The zero-order valence-corrected chi connectivity index (χ0v) is 14.8. The molecule has 0 aromatic carbocycles. The molecular weight excluding hydrogens is 319 g/mol. The van der Waals surface area contributed by atoms with Crippen LogP contribution in [-0.2, 0) is 16.0 Å². The van der Waals surface area contributed by atoms with Gasteiger partial charge in [-0.1, -0.05) is 11.6 Å². The summed E-state index contributed by atoms with van der Waals surface area (Å²) in [6.45, 7) is 8.20. The molecule has 0 amide bonds. The van der Waals surface area contributed by atoms with Gasteiger partial charge in [-0.25, -0.2) is 9.37 Å². The first-order chi connectivity index (χ1) is 10.6. The number of aromatic nitrogens is 1. The molecule has 0 aliphatic carbocycles. The Kier molecular flexibility index (Phi) is 5.31. The minimum absolute atomic E-state index is 0.151. The highest BCUT2D eigenvalue weighted by Crippen LogP contribution is 2.38. The minimum atomic E-state index is -0.781. The first-order valence-electron chi connectivity index (χ1n) is 7.89. The van der Waals surface area contributed by atoms with Crippen molar-refractivity contribution in [2.75, 3.05) is 6.54 Å². The monoisotopic (exact) mass is 342 g/mol. The Morgan fingerprint density at radius 1 is 1.52 bits per heavy atom. The number of ether oxygens (including phenoxy) is 1. The Balaban J connectivity index is 2.34. The number of esters is 1. The van der Waals surface area contributed by atoms with E-state index in [-0.39, 0.29) is 29.3 Å². The van der Waals surface area contributed by atoms with E-state index in [1.807, 2.05) is 27.7 Å². The van der Waals surface area contributed by atoms with Crippen LogP contribution in [0.15, 0.2) is 12.1 Å². The second-order valence-electron chi connectivity index (χ2n) is 7.33. The lowest BCUT2D eigenvalue weighted by Crippen LogP contribution is -2.50. The molecule has 2 heterocycles. The molecule has 23 heavy (non-hydrogen) atoms. The first kappa shape index (κ1) is 18.1. The maximum absolute atomic E-state index is 14.1. The average Bonchev–Trinajstić information content (AvgIpc) is 2.41. The second kappa shape index (κ2) is 6.73. The molecule has 1 aromatic rings. The molecule has 2 atom stereocenters. The van der Waals surface area contributed by atoms with Crippen LogP contribution in [0, 0.1) is 11.2 Å². The van der Waals surface area contributed by atoms with Gasteiger partial charge in [-0.3, -0.25) is 4.79 Å². The number of carbonyl (C=O) groups excluding carboxylic acids is 1. The van der Waals surface area contributed by atoms with Gasteiger partial charge in [-0.2, -0.15) is 0 Å². The van der Waals surface area contributed by atoms with Crippen LogP contribution in [0.3, 0.4) is 0 Å². The van der Waals surface area contributed by atoms with E-state index in [2.05, 4.69) is 10.3 Å². The lowest BCUT2D eigenvalue weighted by Gasteiger charge is -2.40. The van der Waals surface area contributed by atoms with Crippen molar-refractivity contribution in [3.8, 4) is 0 Å². The van der Waals surface area contributed by atoms with Gasteiger partial charge in [0, 0.05) is 12.5 Å². The summed E-state index contributed by atoms with van der Waals surface area (Å²) in [4.78, 5) is 16.9. The molecule has 0 saturated carbocycles. The van der Waals surface area contributed by atoms with Crippen LogP contribution < -0.4 is 5.32 Å². The van der Waals surface area contributed by atoms with E-state index in [9.17, 15) is 9.18 Å². The van der Waals surface area contributed by atoms with Crippen LogP contribution in [0.5, 0.6) is 0 Å². The highest BCUT2D eigenvalue weighted by Gasteiger charge is 2.45. The van der Waals surface area contributed by atoms with Crippen LogP contribution in [0.25, 0.3) is 0 Å². The number of nitrogens with zero attached hydrogens (tertiary/aromatic N) is 1. The van der Waals surface area contributed by atoms with Crippen molar-refractivity contribution in [2.24, 2.45) is 5.41 Å². The number of nitrogens with one attached hydrogen (secondary N) is 1. The van der Waals surface area contributed by atoms with Gasteiger partial charge in [0.2, 0.25) is 0 Å². The molecule has 0 spiro atoms. The zero-order valence-electron chi connectivity index (χ0n) is 14.1. The third kappa shape index (κ3) is 4.64. The maximum Gasteiger partial charge on any atom is 0.313 e. The van der Waals surface area contributed by atoms with Gasteiger partial charge >= 0.3 is 5.97 Å². The van der Waals surface area contributed by atoms with Gasteiger partial charge in [-0.05, 0) is 59.2 Å². The molecule has 1 aromatic heterocycles. The first-order valence-corrected chi connectivity index (χ1v) is 8.27. The Hall–Kier alpha value is -1.20. The van der Waals surface area contributed by atoms with Crippen LogP contribution >= 0.6 is 11.6 Å². The van der Waals surface area contributed by atoms with E-state index >= 15 is 0 Å². The Morgan fingerprint density at radius 2 is 2.22 bits per heavy atom. The summed E-state index contributed by atoms with van der Waals surface area (Å²) in [5.74, 6) is -0.733. The standard InChI is InChI=1S/C17H24ClFN2O2/c1-11-9-17(7-8-20-11,15(22)23-16(2,3)4)10-13-12(19)5-6-14(18)21-13/h5-6,11,20H,7-10H2,1-4H3/t11-,17-/m1/s1. The third-order valence-corrected chi connectivity index (χ3v) is 4.23. The predicted octanol–water partition coefficient (Wildman–Crippen LogP) is 3.52. The SMILES string of the molecule is C[C@@H]1C[C@](Cc2nc(Cl)ccc2F)(C(=O)OC(C)(C)C)CCN1. The molecule has 0 unspecified atom stereocenters. The average molecular weight is 343 g/mol. The Morgan fingerprint density at radius 3 is 2.83 bits per heavy atom. The van der Waals surface area contributed by atoms with E-state index in [0.717, 1.165) is 0 Å². The van der Waals surface area contributed by atoms with Gasteiger partial charge in [0.25, 0.3) is 0 Å². The molecule has 1 fully saturated rings. The summed E-state index contributed by atoms with van der Waals surface area (Å²) in [7, 11) is 0. The smallest absolute Gasteiger partial charge is 0.313 e. The summed E-state index contributed by atoms with van der Waals surface area (Å²) >= 11 is 5.89. The fourth-order valence-electron chi connectivity index (χ4n) is 3.02. The topological polar surface area (TPSA) is 51.2 Å². The van der Waals surface area contributed by atoms with Gasteiger partial charge in [0.1, 0.15) is 16.6 Å². The quantitative estimate of drug-likeness (QED) is 0.674. The van der Waals surface area contributed by atoms with Crippen molar-refractivity contribution < 1.29 is 13.9 Å². The van der Waals surface area contributed by atoms with Crippen LogP contribution in [0.4, 0.5) is 4.39 Å². The summed E-state index contributed by atoms with van der Waals surface area (Å²) in [5.41, 5.74) is -1.15. The summed E-state index contributed by atoms with van der Waals surface area (Å²) in [6, 6.07) is 2.85. The third-order valence-electron chi connectivity index (χ3n) is 4.02. The van der Waals surface area contributed by atoms with Crippen molar-refractivity contribution in [3.05, 3.63) is 28.8 Å². The molecule has 0 radical (unpaired) electrons. The van der Waals surface area contributed by atoms with E-state index < -0.39 is 16.8 Å². The van der Waals surface area contributed by atoms with Crippen molar-refractivity contribution in [1.29, 1.82) is 0 Å². The van der Waals surface area contributed by atoms with Gasteiger partial charge < -0.3 is 10.1 Å². The number of rotatable bonds is 3. The van der Waals surface area contributed by atoms with E-state index in [0.29, 0.717) is 19.4 Å². The molecule has 1 aliphatic rings. The number of halogens is 2. The van der Waals surface area contributed by atoms with Gasteiger partial charge in [0.15, 0.2) is 0 Å². The fourth-order valence-corrected chi connectivity index (χ4v) is 3.19. The highest BCUT2D eigenvalue weighted by molar-refractivity contribution is 6.29. The minimum Gasteiger partial charge on any atom is -0.460 e. The van der Waals surface area contributed by atoms with Crippen LogP contribution in [0.1, 0.15) is 46.2 Å². The lowest BCUT2D eigenvalue weighted by molar-refractivity contribution is -0.170. The molecule has 4 nitrogen and oxygen atoms in total.